The molecule has 4 heteroatoms. The molecule has 0 aromatic heterocycles. The number of rotatable bonds is 1. The molecule has 1 saturated carbocycles. The monoisotopic (exact) mass is 413 g/mol. The highest BCUT2D eigenvalue weighted by molar-refractivity contribution is 9.11. The Morgan fingerprint density at radius 3 is 2.76 bits per heavy atom. The van der Waals surface area contributed by atoms with Crippen LogP contribution in [0.5, 0.6) is 0 Å². The van der Waals surface area contributed by atoms with Gasteiger partial charge in [-0.2, -0.15) is 0 Å². The van der Waals surface area contributed by atoms with Gasteiger partial charge in [0, 0.05) is 21.5 Å². The van der Waals surface area contributed by atoms with Crippen LogP contribution in [0.25, 0.3) is 0 Å². The van der Waals surface area contributed by atoms with Crippen molar-refractivity contribution in [3.8, 4) is 0 Å². The van der Waals surface area contributed by atoms with Gasteiger partial charge < -0.3 is 4.90 Å². The van der Waals surface area contributed by atoms with Crippen molar-refractivity contribution < 1.29 is 4.79 Å². The summed E-state index contributed by atoms with van der Waals surface area (Å²) in [5.74, 6) is 1.64. The topological polar surface area (TPSA) is 20.3 Å². The zero-order valence-corrected chi connectivity index (χ0v) is 15.5. The standard InChI is InChI=1S/C17H21Br2NO/c1-11-8-9-20(16-5-3-2-4-13(11)16)17(21)14-10-12(18)6-7-15(14)19/h6-7,10-11,13,16H,2-5,8-9H2,1H3. The molecule has 1 amide bonds. The van der Waals surface area contributed by atoms with Crippen molar-refractivity contribution in [2.45, 2.75) is 45.1 Å². The SMILES string of the molecule is CC1CCN(C(=O)c2cc(Br)ccc2Br)C2CCCCC12. The van der Waals surface area contributed by atoms with E-state index in [0.717, 1.165) is 33.4 Å². The number of carbonyl (C=O) groups excluding carboxylic acids is 1. The first-order valence-corrected chi connectivity index (χ1v) is 9.42. The number of hydrogen-bond donors (Lipinski definition) is 0. The van der Waals surface area contributed by atoms with Gasteiger partial charge in [-0.3, -0.25) is 4.79 Å². The number of carbonyl (C=O) groups is 1. The molecular formula is C17H21Br2NO. The lowest BCUT2D eigenvalue weighted by molar-refractivity contribution is 0.0217. The van der Waals surface area contributed by atoms with Gasteiger partial charge in [-0.15, -0.1) is 0 Å². The largest absolute Gasteiger partial charge is 0.335 e. The number of fused-ring (bicyclic) bond motifs is 1. The zero-order chi connectivity index (χ0) is 15.0. The molecular weight excluding hydrogens is 394 g/mol. The first-order chi connectivity index (χ1) is 10.1. The molecule has 2 nitrogen and oxygen atoms in total. The lowest BCUT2D eigenvalue weighted by atomic mass is 9.72. The van der Waals surface area contributed by atoms with Crippen molar-refractivity contribution in [1.82, 2.24) is 4.90 Å². The van der Waals surface area contributed by atoms with Gasteiger partial charge in [-0.05, 0) is 65.2 Å². The Bertz CT molecular complexity index is 546. The predicted molar refractivity (Wildman–Crippen MR) is 92.4 cm³/mol. The van der Waals surface area contributed by atoms with Crippen molar-refractivity contribution in [2.75, 3.05) is 6.54 Å². The van der Waals surface area contributed by atoms with Crippen LogP contribution in [0.2, 0.25) is 0 Å². The smallest absolute Gasteiger partial charge is 0.255 e. The Morgan fingerprint density at radius 1 is 1.19 bits per heavy atom. The molecule has 2 aliphatic rings. The second-order valence-corrected chi connectivity index (χ2v) is 8.17. The zero-order valence-electron chi connectivity index (χ0n) is 12.3. The molecule has 0 N–H and O–H groups in total. The van der Waals surface area contributed by atoms with Crippen molar-refractivity contribution in [2.24, 2.45) is 11.8 Å². The van der Waals surface area contributed by atoms with E-state index in [1.54, 1.807) is 0 Å². The van der Waals surface area contributed by atoms with Crippen molar-refractivity contribution >= 4 is 37.8 Å². The van der Waals surface area contributed by atoms with Crippen molar-refractivity contribution in [1.29, 1.82) is 0 Å². The highest BCUT2D eigenvalue weighted by Gasteiger charge is 2.39. The maximum absolute atomic E-state index is 13.0. The third-order valence-electron chi connectivity index (χ3n) is 5.16. The second-order valence-electron chi connectivity index (χ2n) is 6.40. The number of piperidine rings is 1. The maximum Gasteiger partial charge on any atom is 0.255 e. The molecule has 2 fully saturated rings. The van der Waals surface area contributed by atoms with E-state index in [1.165, 1.54) is 25.7 Å². The maximum atomic E-state index is 13.0. The van der Waals surface area contributed by atoms with E-state index in [-0.39, 0.29) is 5.91 Å². The Kier molecular flexibility index (Phi) is 4.75. The molecule has 1 saturated heterocycles. The molecule has 3 unspecified atom stereocenters. The summed E-state index contributed by atoms with van der Waals surface area (Å²) >= 11 is 7.00. The first kappa shape index (κ1) is 15.5. The minimum Gasteiger partial charge on any atom is -0.335 e. The fourth-order valence-corrected chi connectivity index (χ4v) is 4.76. The van der Waals surface area contributed by atoms with Gasteiger partial charge in [0.05, 0.1) is 5.56 Å². The van der Waals surface area contributed by atoms with E-state index in [9.17, 15) is 4.79 Å². The summed E-state index contributed by atoms with van der Waals surface area (Å²) in [6, 6.07) is 6.29. The van der Waals surface area contributed by atoms with Crippen LogP contribution >= 0.6 is 31.9 Å². The summed E-state index contributed by atoms with van der Waals surface area (Å²) in [4.78, 5) is 15.2. The number of benzene rings is 1. The van der Waals surface area contributed by atoms with E-state index in [4.69, 9.17) is 0 Å². The third-order valence-corrected chi connectivity index (χ3v) is 6.34. The van der Waals surface area contributed by atoms with Crippen LogP contribution in [-0.2, 0) is 0 Å². The van der Waals surface area contributed by atoms with E-state index < -0.39 is 0 Å². The molecule has 1 heterocycles. The number of hydrogen-bond acceptors (Lipinski definition) is 1. The molecule has 1 aromatic rings. The average Bonchev–Trinajstić information content (AvgIpc) is 2.50. The molecule has 0 bridgehead atoms. The van der Waals surface area contributed by atoms with Gasteiger partial charge in [0.25, 0.3) is 5.91 Å². The summed E-state index contributed by atoms with van der Waals surface area (Å²) in [5.41, 5.74) is 0.781. The minimum atomic E-state index is 0.187. The van der Waals surface area contributed by atoms with E-state index in [1.807, 2.05) is 18.2 Å². The van der Waals surface area contributed by atoms with E-state index >= 15 is 0 Å². The normalized spacial score (nSPS) is 29.1. The predicted octanol–water partition coefficient (Wildman–Crippen LogP) is 5.25. The summed E-state index contributed by atoms with van der Waals surface area (Å²) in [7, 11) is 0. The Labute approximate surface area is 143 Å². The van der Waals surface area contributed by atoms with Crippen LogP contribution in [0.3, 0.4) is 0 Å². The van der Waals surface area contributed by atoms with Crippen molar-refractivity contribution in [3.63, 3.8) is 0 Å². The van der Waals surface area contributed by atoms with Gasteiger partial charge in [0.2, 0.25) is 0 Å². The number of nitrogens with zero attached hydrogens (tertiary/aromatic N) is 1. The Hall–Kier alpha value is -0.350. The van der Waals surface area contributed by atoms with Crippen LogP contribution < -0.4 is 0 Å². The first-order valence-electron chi connectivity index (χ1n) is 7.84. The van der Waals surface area contributed by atoms with Gasteiger partial charge in [0.15, 0.2) is 0 Å². The van der Waals surface area contributed by atoms with Gasteiger partial charge in [-0.1, -0.05) is 35.7 Å². The molecule has 1 aliphatic carbocycles. The lowest BCUT2D eigenvalue weighted by Crippen LogP contribution is -2.52. The quantitative estimate of drug-likeness (QED) is 0.614. The number of amides is 1. The van der Waals surface area contributed by atoms with Gasteiger partial charge >= 0.3 is 0 Å². The van der Waals surface area contributed by atoms with E-state index in [0.29, 0.717) is 12.0 Å². The van der Waals surface area contributed by atoms with Crippen LogP contribution in [0.1, 0.15) is 49.4 Å². The van der Waals surface area contributed by atoms with Gasteiger partial charge in [-0.25, -0.2) is 0 Å². The second kappa shape index (κ2) is 6.41. The Morgan fingerprint density at radius 2 is 1.95 bits per heavy atom. The lowest BCUT2D eigenvalue weighted by Gasteiger charge is -2.47. The van der Waals surface area contributed by atoms with Crippen molar-refractivity contribution in [3.05, 3.63) is 32.7 Å². The third kappa shape index (κ3) is 3.07. The molecule has 3 rings (SSSR count). The molecule has 0 spiro atoms. The molecule has 114 valence electrons. The summed E-state index contributed by atoms with van der Waals surface area (Å²) in [6.45, 7) is 3.26. The highest BCUT2D eigenvalue weighted by atomic mass is 79.9. The molecule has 1 aromatic carbocycles. The van der Waals surface area contributed by atoms with Gasteiger partial charge in [0.1, 0.15) is 0 Å². The minimum absolute atomic E-state index is 0.187. The van der Waals surface area contributed by atoms with E-state index in [2.05, 4.69) is 43.7 Å². The Balaban J connectivity index is 1.88. The van der Waals surface area contributed by atoms with Crippen LogP contribution in [-0.4, -0.2) is 23.4 Å². The molecule has 1 aliphatic heterocycles. The fourth-order valence-electron chi connectivity index (χ4n) is 3.98. The molecule has 0 radical (unpaired) electrons. The highest BCUT2D eigenvalue weighted by Crippen LogP contribution is 2.39. The van der Waals surface area contributed by atoms with Crippen LogP contribution in [0, 0.1) is 11.8 Å². The van der Waals surface area contributed by atoms with Crippen LogP contribution in [0.4, 0.5) is 0 Å². The molecule has 3 atom stereocenters. The summed E-state index contributed by atoms with van der Waals surface area (Å²) in [5, 5.41) is 0. The number of halogens is 2. The molecule has 21 heavy (non-hydrogen) atoms. The summed E-state index contributed by atoms with van der Waals surface area (Å²) < 4.78 is 1.85. The summed E-state index contributed by atoms with van der Waals surface area (Å²) in [6.07, 6.45) is 6.19. The fraction of sp³-hybridized carbons (Fsp3) is 0.588. The number of likely N-dealkylation sites (tertiary alicyclic amines) is 1. The van der Waals surface area contributed by atoms with Crippen LogP contribution in [0.15, 0.2) is 27.1 Å². The average molecular weight is 415 g/mol.